The predicted octanol–water partition coefficient (Wildman–Crippen LogP) is 1.99. The minimum atomic E-state index is 0.722. The van der Waals surface area contributed by atoms with Gasteiger partial charge in [-0.25, -0.2) is 0 Å². The van der Waals surface area contributed by atoms with Crippen LogP contribution in [-0.2, 0) is 11.3 Å². The van der Waals surface area contributed by atoms with Gasteiger partial charge in [-0.05, 0) is 17.7 Å². The first-order valence-corrected chi connectivity index (χ1v) is 4.25. The maximum atomic E-state index is 5.46. The molecule has 0 saturated heterocycles. The molecule has 0 spiro atoms. The van der Waals surface area contributed by atoms with Gasteiger partial charge >= 0.3 is 0 Å². The fourth-order valence-electron chi connectivity index (χ4n) is 1.22. The number of rotatable bonds is 0. The Morgan fingerprint density at radius 2 is 1.83 bits per heavy atom. The summed E-state index contributed by atoms with van der Waals surface area (Å²) < 4.78 is 10.9. The summed E-state index contributed by atoms with van der Waals surface area (Å²) in [5.74, 6) is 0.959. The number of hydrogen-bond acceptors (Lipinski definition) is 2. The van der Waals surface area contributed by atoms with Crippen LogP contribution in [0.3, 0.4) is 0 Å². The monoisotopic (exact) mass is 164 g/mol. The Morgan fingerprint density at radius 1 is 1.00 bits per heavy atom. The molecule has 1 aromatic rings. The minimum absolute atomic E-state index is 0.722. The SMILES string of the molecule is c1cc2ccc1COCCCO2. The molecule has 0 aliphatic carbocycles. The molecule has 12 heavy (non-hydrogen) atoms. The molecular weight excluding hydrogens is 152 g/mol. The first-order chi connectivity index (χ1) is 5.95. The third-order valence-electron chi connectivity index (χ3n) is 1.89. The van der Waals surface area contributed by atoms with Gasteiger partial charge in [0.1, 0.15) is 5.75 Å². The van der Waals surface area contributed by atoms with Gasteiger partial charge < -0.3 is 9.47 Å². The fourth-order valence-corrected chi connectivity index (χ4v) is 1.22. The number of benzene rings is 1. The van der Waals surface area contributed by atoms with Crippen molar-refractivity contribution in [3.05, 3.63) is 29.8 Å². The summed E-state index contributed by atoms with van der Waals surface area (Å²) in [4.78, 5) is 0. The van der Waals surface area contributed by atoms with Gasteiger partial charge in [-0.15, -0.1) is 0 Å². The van der Waals surface area contributed by atoms with E-state index in [-0.39, 0.29) is 0 Å². The molecule has 0 unspecified atom stereocenters. The summed E-state index contributed by atoms with van der Waals surface area (Å²) in [5.41, 5.74) is 1.21. The van der Waals surface area contributed by atoms with Crippen molar-refractivity contribution in [3.63, 3.8) is 0 Å². The minimum Gasteiger partial charge on any atom is -0.494 e. The average Bonchev–Trinajstić information content (AvgIpc) is 2.16. The molecule has 0 radical (unpaired) electrons. The molecule has 2 heteroatoms. The molecule has 0 saturated carbocycles. The van der Waals surface area contributed by atoms with Crippen molar-refractivity contribution in [1.82, 2.24) is 0 Å². The van der Waals surface area contributed by atoms with E-state index in [9.17, 15) is 0 Å². The smallest absolute Gasteiger partial charge is 0.119 e. The van der Waals surface area contributed by atoms with Crippen molar-refractivity contribution in [1.29, 1.82) is 0 Å². The zero-order valence-corrected chi connectivity index (χ0v) is 6.95. The van der Waals surface area contributed by atoms with Crippen molar-refractivity contribution in [2.24, 2.45) is 0 Å². The lowest BCUT2D eigenvalue weighted by Gasteiger charge is -2.10. The summed E-state index contributed by atoms with van der Waals surface area (Å²) in [6.07, 6.45) is 0.971. The van der Waals surface area contributed by atoms with Crippen molar-refractivity contribution < 1.29 is 9.47 Å². The van der Waals surface area contributed by atoms with Crippen LogP contribution in [0.25, 0.3) is 0 Å². The summed E-state index contributed by atoms with van der Waals surface area (Å²) >= 11 is 0. The predicted molar refractivity (Wildman–Crippen MR) is 46.2 cm³/mol. The van der Waals surface area contributed by atoms with E-state index < -0.39 is 0 Å². The highest BCUT2D eigenvalue weighted by molar-refractivity contribution is 5.26. The van der Waals surface area contributed by atoms with E-state index in [1.807, 2.05) is 24.3 Å². The molecule has 0 amide bonds. The second-order valence-corrected chi connectivity index (χ2v) is 2.90. The Kier molecular flexibility index (Phi) is 2.28. The molecule has 3 rings (SSSR count). The third-order valence-corrected chi connectivity index (χ3v) is 1.89. The highest BCUT2D eigenvalue weighted by Crippen LogP contribution is 2.14. The lowest BCUT2D eigenvalue weighted by atomic mass is 10.2. The molecule has 2 aliphatic rings. The van der Waals surface area contributed by atoms with E-state index >= 15 is 0 Å². The number of fused-ring (bicyclic) bond motifs is 7. The fraction of sp³-hybridized carbons (Fsp3) is 0.400. The molecular formula is C10H12O2. The molecule has 0 N–H and O–H groups in total. The molecule has 0 fully saturated rings. The quantitative estimate of drug-likeness (QED) is 0.583. The highest BCUT2D eigenvalue weighted by atomic mass is 16.5. The van der Waals surface area contributed by atoms with Gasteiger partial charge in [-0.2, -0.15) is 0 Å². The Balaban J connectivity index is 2.19. The molecule has 2 nitrogen and oxygen atoms in total. The van der Waals surface area contributed by atoms with Crippen LogP contribution in [0.4, 0.5) is 0 Å². The van der Waals surface area contributed by atoms with Crippen molar-refractivity contribution in [2.45, 2.75) is 13.0 Å². The van der Waals surface area contributed by atoms with Crippen LogP contribution >= 0.6 is 0 Å². The van der Waals surface area contributed by atoms with Crippen molar-refractivity contribution >= 4 is 0 Å². The Hall–Kier alpha value is -1.02. The largest absolute Gasteiger partial charge is 0.494 e. The average molecular weight is 164 g/mol. The van der Waals surface area contributed by atoms with E-state index in [0.29, 0.717) is 0 Å². The molecule has 1 aromatic carbocycles. The summed E-state index contributed by atoms with van der Waals surface area (Å²) in [6, 6.07) is 8.06. The topological polar surface area (TPSA) is 18.5 Å². The molecule has 2 bridgehead atoms. The van der Waals surface area contributed by atoms with Crippen LogP contribution in [0, 0.1) is 0 Å². The van der Waals surface area contributed by atoms with Gasteiger partial charge in [-0.1, -0.05) is 12.1 Å². The second-order valence-electron chi connectivity index (χ2n) is 2.90. The Bertz CT molecular complexity index is 214. The summed E-state index contributed by atoms with van der Waals surface area (Å²) in [7, 11) is 0. The van der Waals surface area contributed by atoms with E-state index in [1.165, 1.54) is 5.56 Å². The number of ether oxygens (including phenoxy) is 2. The van der Waals surface area contributed by atoms with E-state index in [1.54, 1.807) is 0 Å². The first kappa shape index (κ1) is 7.62. The van der Waals surface area contributed by atoms with Crippen molar-refractivity contribution in [3.8, 4) is 5.75 Å². The lowest BCUT2D eigenvalue weighted by molar-refractivity contribution is 0.105. The third kappa shape index (κ3) is 1.77. The van der Waals surface area contributed by atoms with Crippen LogP contribution in [0.15, 0.2) is 24.3 Å². The van der Waals surface area contributed by atoms with Gasteiger partial charge in [0, 0.05) is 6.42 Å². The Labute approximate surface area is 72.1 Å². The lowest BCUT2D eigenvalue weighted by Crippen LogP contribution is -2.05. The maximum absolute atomic E-state index is 5.46. The standard InChI is InChI=1S/C10H12O2/c1-6-11-8-9-2-4-10(5-3-9)12-7-1/h2-5H,1,6-8H2. The van der Waals surface area contributed by atoms with Crippen LogP contribution in [-0.4, -0.2) is 13.2 Å². The molecule has 2 aliphatic heterocycles. The molecule has 2 heterocycles. The van der Waals surface area contributed by atoms with Gasteiger partial charge in [0.2, 0.25) is 0 Å². The van der Waals surface area contributed by atoms with Gasteiger partial charge in [0.05, 0.1) is 19.8 Å². The first-order valence-electron chi connectivity index (χ1n) is 4.25. The van der Waals surface area contributed by atoms with Gasteiger partial charge in [0.25, 0.3) is 0 Å². The van der Waals surface area contributed by atoms with E-state index in [4.69, 9.17) is 9.47 Å². The Morgan fingerprint density at radius 3 is 2.67 bits per heavy atom. The van der Waals surface area contributed by atoms with Gasteiger partial charge in [0.15, 0.2) is 0 Å². The van der Waals surface area contributed by atoms with E-state index in [2.05, 4.69) is 0 Å². The van der Waals surface area contributed by atoms with Crippen LogP contribution in [0.2, 0.25) is 0 Å². The van der Waals surface area contributed by atoms with E-state index in [0.717, 1.165) is 32.0 Å². The summed E-state index contributed by atoms with van der Waals surface area (Å²) in [5, 5.41) is 0. The van der Waals surface area contributed by atoms with Crippen LogP contribution < -0.4 is 4.74 Å². The van der Waals surface area contributed by atoms with Crippen LogP contribution in [0.1, 0.15) is 12.0 Å². The second kappa shape index (κ2) is 3.59. The van der Waals surface area contributed by atoms with Crippen LogP contribution in [0.5, 0.6) is 5.75 Å². The van der Waals surface area contributed by atoms with Crippen molar-refractivity contribution in [2.75, 3.05) is 13.2 Å². The molecule has 0 atom stereocenters. The number of hydrogen-bond donors (Lipinski definition) is 0. The highest BCUT2D eigenvalue weighted by Gasteiger charge is 1.99. The normalized spacial score (nSPS) is 17.0. The zero-order valence-electron chi connectivity index (χ0n) is 6.95. The summed E-state index contributed by atoms with van der Waals surface area (Å²) in [6.45, 7) is 2.26. The molecule has 0 aromatic heterocycles. The maximum Gasteiger partial charge on any atom is 0.119 e. The molecule has 64 valence electrons. The zero-order chi connectivity index (χ0) is 8.23. The van der Waals surface area contributed by atoms with Gasteiger partial charge in [-0.3, -0.25) is 0 Å².